The Bertz CT molecular complexity index is 939. The highest BCUT2D eigenvalue weighted by Crippen LogP contribution is 2.25. The number of nitrogens with zero attached hydrogens (tertiary/aromatic N) is 1. The molecule has 1 atom stereocenters. The number of aliphatic hydroxyl groups is 1. The molecule has 1 aromatic carbocycles. The quantitative estimate of drug-likeness (QED) is 0.519. The van der Waals surface area contributed by atoms with Crippen molar-refractivity contribution < 1.29 is 27.9 Å². The van der Waals surface area contributed by atoms with Crippen LogP contribution in [-0.2, 0) is 0 Å². The molecule has 0 aliphatic rings. The van der Waals surface area contributed by atoms with Gasteiger partial charge < -0.3 is 20.2 Å². The van der Waals surface area contributed by atoms with Crippen LogP contribution in [0.1, 0.15) is 20.8 Å². The van der Waals surface area contributed by atoms with Gasteiger partial charge in [0.05, 0.1) is 18.2 Å². The zero-order valence-electron chi connectivity index (χ0n) is 13.3. The highest BCUT2D eigenvalue weighted by molar-refractivity contribution is 6.06. The number of rotatable bonds is 6. The Kier molecular flexibility index (Phi) is 4.94. The van der Waals surface area contributed by atoms with E-state index in [-0.39, 0.29) is 28.8 Å². The molecule has 10 heteroatoms. The summed E-state index contributed by atoms with van der Waals surface area (Å²) in [6, 6.07) is 2.26. The van der Waals surface area contributed by atoms with Gasteiger partial charge in [-0.3, -0.25) is 14.7 Å². The minimum absolute atomic E-state index is 0.0295. The summed E-state index contributed by atoms with van der Waals surface area (Å²) >= 11 is 0. The smallest absolute Gasteiger partial charge is 0.269 e. The van der Waals surface area contributed by atoms with Crippen LogP contribution in [0.2, 0.25) is 0 Å². The molecule has 2 amide bonds. The molecule has 0 spiro atoms. The van der Waals surface area contributed by atoms with Gasteiger partial charge in [-0.25, -0.2) is 8.78 Å². The van der Waals surface area contributed by atoms with Crippen molar-refractivity contribution in [3.63, 3.8) is 0 Å². The molecule has 26 heavy (non-hydrogen) atoms. The van der Waals surface area contributed by atoms with Gasteiger partial charge in [0, 0.05) is 24.2 Å². The van der Waals surface area contributed by atoms with Crippen molar-refractivity contribution in [2.45, 2.75) is 6.04 Å². The number of furan rings is 1. The number of amides is 2. The lowest BCUT2D eigenvalue weighted by Crippen LogP contribution is -2.45. The van der Waals surface area contributed by atoms with Crippen LogP contribution < -0.4 is 10.6 Å². The van der Waals surface area contributed by atoms with E-state index in [1.807, 2.05) is 0 Å². The lowest BCUT2D eigenvalue weighted by atomic mass is 10.1. The fourth-order valence-corrected chi connectivity index (χ4v) is 2.36. The van der Waals surface area contributed by atoms with Gasteiger partial charge >= 0.3 is 0 Å². The molecule has 0 unspecified atom stereocenters. The van der Waals surface area contributed by atoms with Crippen molar-refractivity contribution >= 4 is 22.8 Å². The van der Waals surface area contributed by atoms with Crippen molar-refractivity contribution in [1.82, 2.24) is 20.8 Å². The van der Waals surface area contributed by atoms with Crippen LogP contribution in [-0.4, -0.2) is 46.3 Å². The number of fused-ring (bicyclic) bond motifs is 1. The Labute approximate surface area is 145 Å². The second-order valence-corrected chi connectivity index (χ2v) is 5.45. The monoisotopic (exact) mass is 364 g/mol. The average molecular weight is 364 g/mol. The molecule has 2 heterocycles. The Hall–Kier alpha value is -3.27. The van der Waals surface area contributed by atoms with Gasteiger partial charge in [-0.2, -0.15) is 5.10 Å². The summed E-state index contributed by atoms with van der Waals surface area (Å²) in [5.74, 6) is -2.95. The molecule has 8 nitrogen and oxygen atoms in total. The fraction of sp³-hybridized carbons (Fsp3) is 0.188. The molecule has 0 radical (unpaired) electrons. The number of hydrogen-bond acceptors (Lipinski definition) is 5. The summed E-state index contributed by atoms with van der Waals surface area (Å²) in [6.07, 6.45) is 2.41. The van der Waals surface area contributed by atoms with Crippen LogP contribution >= 0.6 is 0 Å². The predicted molar refractivity (Wildman–Crippen MR) is 85.4 cm³/mol. The Morgan fingerprint density at radius 1 is 1.31 bits per heavy atom. The second kappa shape index (κ2) is 7.31. The van der Waals surface area contributed by atoms with E-state index in [9.17, 15) is 23.5 Å². The third-order valence-electron chi connectivity index (χ3n) is 3.65. The number of aromatic amines is 1. The maximum atomic E-state index is 13.6. The number of carbonyl (C=O) groups is 2. The number of nitrogens with one attached hydrogen (secondary N) is 3. The zero-order chi connectivity index (χ0) is 18.7. The standard InChI is InChI=1S/C16H14F2N4O4/c17-8-3-10-11(7-26-14(10)12(18)4-8)15(24)21-9(6-23)5-19-16(25)13-1-2-20-22-13/h1-4,7,9,23H,5-6H2,(H,19,25)(H,20,22)(H,21,24)/t9-/m1/s1. The van der Waals surface area contributed by atoms with E-state index >= 15 is 0 Å². The molecule has 0 bridgehead atoms. The van der Waals surface area contributed by atoms with Gasteiger partial charge in [-0.15, -0.1) is 0 Å². The van der Waals surface area contributed by atoms with Gasteiger partial charge in [0.15, 0.2) is 11.4 Å². The third-order valence-corrected chi connectivity index (χ3v) is 3.65. The van der Waals surface area contributed by atoms with Crippen LogP contribution in [0.25, 0.3) is 11.0 Å². The summed E-state index contributed by atoms with van der Waals surface area (Å²) in [5, 5.41) is 20.5. The molecular formula is C16H14F2N4O4. The molecule has 0 fully saturated rings. The minimum atomic E-state index is -0.926. The molecule has 3 rings (SSSR count). The molecule has 4 N–H and O–H groups in total. The van der Waals surface area contributed by atoms with Crippen LogP contribution in [0.4, 0.5) is 8.78 Å². The molecule has 136 valence electrons. The highest BCUT2D eigenvalue weighted by Gasteiger charge is 2.20. The first-order valence-electron chi connectivity index (χ1n) is 7.55. The molecular weight excluding hydrogens is 350 g/mol. The number of aromatic nitrogens is 2. The van der Waals surface area contributed by atoms with Crippen LogP contribution in [0.5, 0.6) is 0 Å². The van der Waals surface area contributed by atoms with Gasteiger partial charge in [0.25, 0.3) is 11.8 Å². The Morgan fingerprint density at radius 2 is 2.12 bits per heavy atom. The first kappa shape index (κ1) is 17.5. The molecule has 0 saturated heterocycles. The van der Waals surface area contributed by atoms with E-state index in [2.05, 4.69) is 20.8 Å². The maximum absolute atomic E-state index is 13.6. The van der Waals surface area contributed by atoms with E-state index in [1.54, 1.807) is 0 Å². The fourth-order valence-electron chi connectivity index (χ4n) is 2.36. The van der Waals surface area contributed by atoms with Gasteiger partial charge in [0.2, 0.25) is 0 Å². The maximum Gasteiger partial charge on any atom is 0.269 e. The van der Waals surface area contributed by atoms with E-state index in [0.29, 0.717) is 6.07 Å². The van der Waals surface area contributed by atoms with Crippen LogP contribution in [0, 0.1) is 11.6 Å². The zero-order valence-corrected chi connectivity index (χ0v) is 13.3. The Morgan fingerprint density at radius 3 is 2.81 bits per heavy atom. The molecule has 0 saturated carbocycles. The average Bonchev–Trinajstić information content (AvgIpc) is 3.27. The van der Waals surface area contributed by atoms with Crippen molar-refractivity contribution in [3.8, 4) is 0 Å². The normalized spacial score (nSPS) is 12.1. The number of hydrogen-bond donors (Lipinski definition) is 4. The minimum Gasteiger partial charge on any atom is -0.460 e. The van der Waals surface area contributed by atoms with Gasteiger partial charge in [-0.1, -0.05) is 0 Å². The van der Waals surface area contributed by atoms with Crippen LogP contribution in [0.3, 0.4) is 0 Å². The second-order valence-electron chi connectivity index (χ2n) is 5.45. The lowest BCUT2D eigenvalue weighted by Gasteiger charge is -2.16. The number of H-pyrrole nitrogens is 1. The van der Waals surface area contributed by atoms with Crippen molar-refractivity contribution in [3.05, 3.63) is 53.6 Å². The summed E-state index contributed by atoms with van der Waals surface area (Å²) < 4.78 is 32.0. The lowest BCUT2D eigenvalue weighted by molar-refractivity contribution is 0.0886. The topological polar surface area (TPSA) is 120 Å². The van der Waals surface area contributed by atoms with Crippen molar-refractivity contribution in [2.75, 3.05) is 13.2 Å². The number of aliphatic hydroxyl groups excluding tert-OH is 1. The number of halogens is 2. The molecule has 0 aliphatic heterocycles. The summed E-state index contributed by atoms with van der Waals surface area (Å²) in [7, 11) is 0. The van der Waals surface area contributed by atoms with Crippen LogP contribution in [0.15, 0.2) is 35.1 Å². The first-order chi connectivity index (χ1) is 12.5. The highest BCUT2D eigenvalue weighted by atomic mass is 19.1. The number of benzene rings is 1. The van der Waals surface area contributed by atoms with Crippen molar-refractivity contribution in [1.29, 1.82) is 0 Å². The van der Waals surface area contributed by atoms with E-state index in [0.717, 1.165) is 12.3 Å². The molecule has 2 aromatic heterocycles. The summed E-state index contributed by atoms with van der Waals surface area (Å²) in [6.45, 7) is -0.536. The summed E-state index contributed by atoms with van der Waals surface area (Å²) in [5.41, 5.74) is -0.110. The Balaban J connectivity index is 1.69. The van der Waals surface area contributed by atoms with E-state index < -0.39 is 36.1 Å². The summed E-state index contributed by atoms with van der Waals surface area (Å²) in [4.78, 5) is 24.1. The largest absolute Gasteiger partial charge is 0.460 e. The predicted octanol–water partition coefficient (Wildman–Crippen LogP) is 0.955. The van der Waals surface area contributed by atoms with E-state index in [4.69, 9.17) is 4.42 Å². The SMILES string of the molecule is O=C(NC[C@H](CO)NC(=O)c1coc2c(F)cc(F)cc12)c1ccn[nH]1. The molecule has 0 aliphatic carbocycles. The van der Waals surface area contributed by atoms with Gasteiger partial charge in [-0.05, 0) is 12.1 Å². The van der Waals surface area contributed by atoms with Gasteiger partial charge in [0.1, 0.15) is 17.8 Å². The molecule has 3 aromatic rings. The van der Waals surface area contributed by atoms with Crippen molar-refractivity contribution in [2.24, 2.45) is 0 Å². The number of carbonyl (C=O) groups excluding carboxylic acids is 2. The third kappa shape index (κ3) is 3.54. The van der Waals surface area contributed by atoms with E-state index in [1.165, 1.54) is 12.3 Å². The first-order valence-corrected chi connectivity index (χ1v) is 7.55.